The van der Waals surface area contributed by atoms with Gasteiger partial charge in [-0.15, -0.1) is 0 Å². The number of carbonyl (C=O) groups is 2. The van der Waals surface area contributed by atoms with Crippen LogP contribution in [-0.4, -0.2) is 29.6 Å². The average Bonchev–Trinajstić information content (AvgIpc) is 3.32. The molecule has 35 heavy (non-hydrogen) atoms. The Morgan fingerprint density at radius 1 is 0.943 bits per heavy atom. The molecule has 0 aromatic heterocycles. The standard InChI is InChI=1S/C26H23Br2N3O3S/c27-18-13-20(28)23(21(14-18)30-26(35)31-24(32)17-9-5-2-6-10-17)25(33)29-15-19-11-12-22(34-19)16-7-3-1-4-8-16/h1-10,13-14,19,22H,11-12,15H2,(H,29,33)(H2,30,31,32,35). The van der Waals surface area contributed by atoms with Gasteiger partial charge >= 0.3 is 0 Å². The first-order valence-electron chi connectivity index (χ1n) is 11.1. The summed E-state index contributed by atoms with van der Waals surface area (Å²) in [7, 11) is 0. The van der Waals surface area contributed by atoms with Crippen molar-refractivity contribution in [2.75, 3.05) is 11.9 Å². The fourth-order valence-electron chi connectivity index (χ4n) is 3.89. The van der Waals surface area contributed by atoms with Gasteiger partial charge < -0.3 is 15.4 Å². The second-order valence-electron chi connectivity index (χ2n) is 8.03. The van der Waals surface area contributed by atoms with E-state index in [1.54, 1.807) is 36.4 Å². The second kappa shape index (κ2) is 11.9. The highest BCUT2D eigenvalue weighted by Gasteiger charge is 2.27. The minimum Gasteiger partial charge on any atom is -0.368 e. The number of anilines is 1. The van der Waals surface area contributed by atoms with E-state index in [9.17, 15) is 9.59 Å². The molecule has 1 aliphatic rings. The van der Waals surface area contributed by atoms with Crippen molar-refractivity contribution < 1.29 is 14.3 Å². The van der Waals surface area contributed by atoms with Crippen LogP contribution in [-0.2, 0) is 4.74 Å². The lowest BCUT2D eigenvalue weighted by Crippen LogP contribution is -2.36. The Bertz CT molecular complexity index is 1230. The van der Waals surface area contributed by atoms with E-state index in [1.165, 1.54) is 0 Å². The van der Waals surface area contributed by atoms with Gasteiger partial charge in [0.1, 0.15) is 0 Å². The van der Waals surface area contributed by atoms with Crippen LogP contribution in [0.25, 0.3) is 0 Å². The number of thiocarbonyl (C=S) groups is 1. The Kier molecular flexibility index (Phi) is 8.67. The van der Waals surface area contributed by atoms with Crippen LogP contribution in [0.15, 0.2) is 81.7 Å². The maximum Gasteiger partial charge on any atom is 0.257 e. The fourth-order valence-corrected chi connectivity index (χ4v) is 5.49. The summed E-state index contributed by atoms with van der Waals surface area (Å²) in [5, 5.41) is 8.68. The minimum absolute atomic E-state index is 0.0420. The van der Waals surface area contributed by atoms with Gasteiger partial charge in [0.05, 0.1) is 23.5 Å². The molecule has 0 aliphatic carbocycles. The first kappa shape index (κ1) is 25.5. The van der Waals surface area contributed by atoms with Crippen LogP contribution in [0.5, 0.6) is 0 Å². The maximum absolute atomic E-state index is 13.1. The normalized spacial score (nSPS) is 17.0. The molecule has 9 heteroatoms. The van der Waals surface area contributed by atoms with E-state index in [-0.39, 0.29) is 29.1 Å². The predicted molar refractivity (Wildman–Crippen MR) is 148 cm³/mol. The summed E-state index contributed by atoms with van der Waals surface area (Å²) in [6, 6.07) is 22.4. The molecule has 3 aromatic carbocycles. The number of ether oxygens (including phenoxy) is 1. The van der Waals surface area contributed by atoms with Gasteiger partial charge in [-0.25, -0.2) is 0 Å². The average molecular weight is 617 g/mol. The van der Waals surface area contributed by atoms with Crippen LogP contribution in [0.1, 0.15) is 45.2 Å². The number of hydrogen-bond acceptors (Lipinski definition) is 4. The second-order valence-corrected chi connectivity index (χ2v) is 10.2. The quantitative estimate of drug-likeness (QED) is 0.297. The molecule has 1 fully saturated rings. The van der Waals surface area contributed by atoms with E-state index >= 15 is 0 Å². The molecular formula is C26H23Br2N3O3S. The van der Waals surface area contributed by atoms with E-state index in [4.69, 9.17) is 17.0 Å². The van der Waals surface area contributed by atoms with E-state index in [0.717, 1.165) is 22.9 Å². The number of benzene rings is 3. The van der Waals surface area contributed by atoms with Crippen molar-refractivity contribution in [3.05, 3.63) is 98.4 Å². The molecule has 2 amide bonds. The van der Waals surface area contributed by atoms with Gasteiger partial charge in [-0.3, -0.25) is 14.9 Å². The van der Waals surface area contributed by atoms with E-state index in [2.05, 4.69) is 59.9 Å². The summed E-state index contributed by atoms with van der Waals surface area (Å²) in [4.78, 5) is 25.6. The van der Waals surface area contributed by atoms with Gasteiger partial charge in [-0.1, -0.05) is 64.5 Å². The SMILES string of the molecule is O=C(NC(=S)Nc1cc(Br)cc(Br)c1C(=O)NCC1CCC(c2ccccc2)O1)c1ccccc1. The summed E-state index contributed by atoms with van der Waals surface area (Å²) >= 11 is 12.3. The van der Waals surface area contributed by atoms with Crippen molar-refractivity contribution in [1.82, 2.24) is 10.6 Å². The summed E-state index contributed by atoms with van der Waals surface area (Å²) in [5.74, 6) is -0.620. The van der Waals surface area contributed by atoms with Crippen molar-refractivity contribution >= 4 is 66.7 Å². The van der Waals surface area contributed by atoms with Crippen LogP contribution < -0.4 is 16.0 Å². The van der Waals surface area contributed by atoms with Gasteiger partial charge in [0.2, 0.25) is 0 Å². The highest BCUT2D eigenvalue weighted by molar-refractivity contribution is 9.11. The lowest BCUT2D eigenvalue weighted by molar-refractivity contribution is 0.0436. The molecule has 0 radical (unpaired) electrons. The molecule has 1 heterocycles. The van der Waals surface area contributed by atoms with Gasteiger partial charge in [-0.05, 0) is 70.8 Å². The Labute approximate surface area is 226 Å². The molecule has 3 aromatic rings. The number of nitrogens with one attached hydrogen (secondary N) is 3. The Balaban J connectivity index is 1.39. The van der Waals surface area contributed by atoms with E-state index in [0.29, 0.717) is 27.8 Å². The molecule has 2 unspecified atom stereocenters. The predicted octanol–water partition coefficient (Wildman–Crippen LogP) is 5.99. The van der Waals surface area contributed by atoms with E-state index < -0.39 is 0 Å². The Morgan fingerprint density at radius 2 is 1.63 bits per heavy atom. The molecule has 180 valence electrons. The molecule has 0 spiro atoms. The summed E-state index contributed by atoms with van der Waals surface area (Å²) in [6.07, 6.45) is 1.75. The zero-order valence-electron chi connectivity index (χ0n) is 18.6. The number of carbonyl (C=O) groups excluding carboxylic acids is 2. The van der Waals surface area contributed by atoms with Crippen molar-refractivity contribution in [3.8, 4) is 0 Å². The smallest absolute Gasteiger partial charge is 0.257 e. The van der Waals surface area contributed by atoms with Gasteiger partial charge in [0.15, 0.2) is 5.11 Å². The largest absolute Gasteiger partial charge is 0.368 e. The third-order valence-electron chi connectivity index (χ3n) is 5.56. The molecule has 4 rings (SSSR count). The molecule has 1 aliphatic heterocycles. The zero-order chi connectivity index (χ0) is 24.8. The topological polar surface area (TPSA) is 79.5 Å². The first-order chi connectivity index (χ1) is 16.9. The lowest BCUT2D eigenvalue weighted by atomic mass is 10.1. The lowest BCUT2D eigenvalue weighted by Gasteiger charge is -2.18. The minimum atomic E-state index is -0.338. The number of amides is 2. The van der Waals surface area contributed by atoms with Crippen molar-refractivity contribution in [2.24, 2.45) is 0 Å². The molecule has 3 N–H and O–H groups in total. The van der Waals surface area contributed by atoms with Crippen LogP contribution in [0.3, 0.4) is 0 Å². The third-order valence-corrected chi connectivity index (χ3v) is 6.85. The van der Waals surface area contributed by atoms with Crippen LogP contribution in [0, 0.1) is 0 Å². The zero-order valence-corrected chi connectivity index (χ0v) is 22.6. The van der Waals surface area contributed by atoms with Crippen molar-refractivity contribution in [3.63, 3.8) is 0 Å². The highest BCUT2D eigenvalue weighted by atomic mass is 79.9. The molecule has 0 bridgehead atoms. The number of hydrogen-bond donors (Lipinski definition) is 3. The van der Waals surface area contributed by atoms with Crippen molar-refractivity contribution in [2.45, 2.75) is 25.0 Å². The number of halogens is 2. The van der Waals surface area contributed by atoms with Gasteiger partial charge in [-0.2, -0.15) is 0 Å². The molecule has 0 saturated carbocycles. The molecule has 2 atom stereocenters. The number of rotatable bonds is 6. The van der Waals surface area contributed by atoms with Crippen molar-refractivity contribution in [1.29, 1.82) is 0 Å². The Morgan fingerprint density at radius 3 is 2.34 bits per heavy atom. The molecule has 1 saturated heterocycles. The van der Waals surface area contributed by atoms with Crippen LogP contribution in [0.4, 0.5) is 5.69 Å². The Hall–Kier alpha value is -2.59. The first-order valence-corrected chi connectivity index (χ1v) is 13.0. The third kappa shape index (κ3) is 6.76. The van der Waals surface area contributed by atoms with E-state index in [1.807, 2.05) is 24.3 Å². The molecule has 6 nitrogen and oxygen atoms in total. The summed E-state index contributed by atoms with van der Waals surface area (Å²) < 4.78 is 7.47. The summed E-state index contributed by atoms with van der Waals surface area (Å²) in [5.41, 5.74) is 2.46. The maximum atomic E-state index is 13.1. The fraction of sp³-hybridized carbons (Fsp3) is 0.192. The van der Waals surface area contributed by atoms with Crippen LogP contribution in [0.2, 0.25) is 0 Å². The molecular weight excluding hydrogens is 594 g/mol. The highest BCUT2D eigenvalue weighted by Crippen LogP contribution is 2.33. The van der Waals surface area contributed by atoms with Crippen LogP contribution >= 0.6 is 44.1 Å². The summed E-state index contributed by atoms with van der Waals surface area (Å²) in [6.45, 7) is 0.388. The monoisotopic (exact) mass is 615 g/mol. The van der Waals surface area contributed by atoms with Gasteiger partial charge in [0, 0.05) is 21.1 Å². The van der Waals surface area contributed by atoms with Gasteiger partial charge in [0.25, 0.3) is 11.8 Å².